The zero-order chi connectivity index (χ0) is 7.52. The molecule has 3 heteroatoms. The highest BCUT2D eigenvalue weighted by Crippen LogP contribution is 2.29. The van der Waals surface area contributed by atoms with Gasteiger partial charge >= 0.3 is 0 Å². The van der Waals surface area contributed by atoms with Crippen molar-refractivity contribution in [2.75, 3.05) is 32.8 Å². The first-order chi connectivity index (χ1) is 5.45. The predicted octanol–water partition coefficient (Wildman–Crippen LogP) is 0.233. The Hall–Kier alpha value is -0.120. The molecule has 0 spiro atoms. The fraction of sp³-hybridized carbons (Fsp3) is 1.00. The summed E-state index contributed by atoms with van der Waals surface area (Å²) in [5.41, 5.74) is 0. The third kappa shape index (κ3) is 2.43. The van der Waals surface area contributed by atoms with E-state index in [-0.39, 0.29) is 0 Å². The lowest BCUT2D eigenvalue weighted by molar-refractivity contribution is -0.167. The van der Waals surface area contributed by atoms with Crippen molar-refractivity contribution in [2.24, 2.45) is 5.92 Å². The minimum absolute atomic E-state index is 0.880. The molecule has 2 fully saturated rings. The summed E-state index contributed by atoms with van der Waals surface area (Å²) in [6.45, 7) is 5.20. The molecule has 0 amide bonds. The van der Waals surface area contributed by atoms with E-state index >= 15 is 0 Å². The van der Waals surface area contributed by atoms with Crippen molar-refractivity contribution >= 4 is 0 Å². The van der Waals surface area contributed by atoms with Gasteiger partial charge in [0.1, 0.15) is 0 Å². The topological polar surface area (TPSA) is 24.5 Å². The number of rotatable bonds is 3. The number of hydroxylamine groups is 2. The largest absolute Gasteiger partial charge is 0.314 e. The van der Waals surface area contributed by atoms with Crippen LogP contribution in [0.3, 0.4) is 0 Å². The minimum Gasteiger partial charge on any atom is -0.314 e. The van der Waals surface area contributed by atoms with Gasteiger partial charge in [0, 0.05) is 26.2 Å². The smallest absolute Gasteiger partial charge is 0.0713 e. The Morgan fingerprint density at radius 1 is 1.27 bits per heavy atom. The van der Waals surface area contributed by atoms with Crippen LogP contribution in [-0.4, -0.2) is 37.8 Å². The maximum absolute atomic E-state index is 5.60. The molecule has 0 unspecified atom stereocenters. The van der Waals surface area contributed by atoms with Gasteiger partial charge in [-0.05, 0) is 18.8 Å². The molecule has 1 saturated heterocycles. The Labute approximate surface area is 67.7 Å². The molecule has 0 radical (unpaired) electrons. The van der Waals surface area contributed by atoms with Crippen LogP contribution >= 0.6 is 0 Å². The van der Waals surface area contributed by atoms with Gasteiger partial charge in [-0.15, -0.1) is 0 Å². The number of hydrogen-bond acceptors (Lipinski definition) is 3. The van der Waals surface area contributed by atoms with E-state index in [9.17, 15) is 0 Å². The zero-order valence-electron chi connectivity index (χ0n) is 6.88. The number of hydrogen-bond donors (Lipinski definition) is 1. The summed E-state index contributed by atoms with van der Waals surface area (Å²) in [6, 6.07) is 0. The van der Waals surface area contributed by atoms with Crippen LogP contribution in [0.15, 0.2) is 0 Å². The van der Waals surface area contributed by atoms with E-state index in [1.807, 2.05) is 0 Å². The maximum atomic E-state index is 5.60. The first-order valence-electron chi connectivity index (χ1n) is 4.54. The SMILES string of the molecule is C1CN(OCC2CC2)CCN1. The second kappa shape index (κ2) is 3.52. The summed E-state index contributed by atoms with van der Waals surface area (Å²) < 4.78 is 0. The van der Waals surface area contributed by atoms with Crippen LogP contribution in [0.4, 0.5) is 0 Å². The number of nitrogens with one attached hydrogen (secondary N) is 1. The van der Waals surface area contributed by atoms with E-state index in [0.29, 0.717) is 0 Å². The lowest BCUT2D eigenvalue weighted by Gasteiger charge is -2.26. The second-order valence-electron chi connectivity index (χ2n) is 3.42. The normalized spacial score (nSPS) is 27.3. The molecule has 1 N–H and O–H groups in total. The van der Waals surface area contributed by atoms with Gasteiger partial charge in [-0.25, -0.2) is 0 Å². The minimum atomic E-state index is 0.880. The monoisotopic (exact) mass is 156 g/mol. The van der Waals surface area contributed by atoms with E-state index in [4.69, 9.17) is 4.84 Å². The lowest BCUT2D eigenvalue weighted by atomic mass is 10.4. The van der Waals surface area contributed by atoms with Crippen molar-refractivity contribution in [2.45, 2.75) is 12.8 Å². The van der Waals surface area contributed by atoms with Gasteiger partial charge in [0.05, 0.1) is 6.61 Å². The first kappa shape index (κ1) is 7.53. The highest BCUT2D eigenvalue weighted by molar-refractivity contribution is 4.72. The van der Waals surface area contributed by atoms with Crippen LogP contribution in [0.5, 0.6) is 0 Å². The number of piperazine rings is 1. The highest BCUT2D eigenvalue weighted by Gasteiger charge is 2.23. The van der Waals surface area contributed by atoms with Crippen LogP contribution in [-0.2, 0) is 4.84 Å². The van der Waals surface area contributed by atoms with Gasteiger partial charge in [0.15, 0.2) is 0 Å². The lowest BCUT2D eigenvalue weighted by Crippen LogP contribution is -2.43. The van der Waals surface area contributed by atoms with Gasteiger partial charge in [-0.3, -0.25) is 4.84 Å². The summed E-state index contributed by atoms with van der Waals surface area (Å²) >= 11 is 0. The van der Waals surface area contributed by atoms with Crippen molar-refractivity contribution in [3.63, 3.8) is 0 Å². The summed E-state index contributed by atoms with van der Waals surface area (Å²) in [7, 11) is 0. The second-order valence-corrected chi connectivity index (χ2v) is 3.42. The number of nitrogens with zero attached hydrogens (tertiary/aromatic N) is 1. The van der Waals surface area contributed by atoms with E-state index in [2.05, 4.69) is 10.4 Å². The van der Waals surface area contributed by atoms with E-state index in [1.54, 1.807) is 0 Å². The van der Waals surface area contributed by atoms with Crippen molar-refractivity contribution in [3.8, 4) is 0 Å². The Balaban J connectivity index is 1.59. The Morgan fingerprint density at radius 3 is 2.64 bits per heavy atom. The molecule has 11 heavy (non-hydrogen) atoms. The fourth-order valence-corrected chi connectivity index (χ4v) is 1.27. The third-order valence-electron chi connectivity index (χ3n) is 2.27. The van der Waals surface area contributed by atoms with Crippen molar-refractivity contribution in [1.82, 2.24) is 10.4 Å². The molecule has 64 valence electrons. The molecular formula is C8H16N2O. The Kier molecular flexibility index (Phi) is 2.41. The molecule has 0 aromatic heterocycles. The van der Waals surface area contributed by atoms with Gasteiger partial charge in [-0.1, -0.05) is 0 Å². The summed E-state index contributed by atoms with van der Waals surface area (Å²) in [5.74, 6) is 0.880. The molecule has 2 rings (SSSR count). The molecule has 1 heterocycles. The standard InChI is InChI=1S/C8H16N2O/c1-2-8(1)7-11-10-5-3-9-4-6-10/h8-9H,1-7H2. The molecule has 3 nitrogen and oxygen atoms in total. The van der Waals surface area contributed by atoms with Crippen LogP contribution in [0.25, 0.3) is 0 Å². The summed E-state index contributed by atoms with van der Waals surface area (Å²) in [6.07, 6.45) is 2.76. The van der Waals surface area contributed by atoms with Crippen LogP contribution in [0.2, 0.25) is 0 Å². The molecule has 2 aliphatic rings. The van der Waals surface area contributed by atoms with Gasteiger partial charge < -0.3 is 5.32 Å². The van der Waals surface area contributed by atoms with E-state index < -0.39 is 0 Å². The van der Waals surface area contributed by atoms with E-state index in [1.165, 1.54) is 12.8 Å². The van der Waals surface area contributed by atoms with Crippen molar-refractivity contribution in [3.05, 3.63) is 0 Å². The molecule has 1 aliphatic carbocycles. The van der Waals surface area contributed by atoms with Gasteiger partial charge in [-0.2, -0.15) is 5.06 Å². The molecule has 0 atom stereocenters. The predicted molar refractivity (Wildman–Crippen MR) is 43.1 cm³/mol. The molecule has 1 saturated carbocycles. The molecule has 1 aliphatic heterocycles. The van der Waals surface area contributed by atoms with Crippen molar-refractivity contribution in [1.29, 1.82) is 0 Å². The van der Waals surface area contributed by atoms with Crippen LogP contribution < -0.4 is 5.32 Å². The van der Waals surface area contributed by atoms with Gasteiger partial charge in [0.2, 0.25) is 0 Å². The Bertz CT molecular complexity index is 119. The zero-order valence-corrected chi connectivity index (χ0v) is 6.88. The molecule has 0 bridgehead atoms. The average molecular weight is 156 g/mol. The van der Waals surface area contributed by atoms with Crippen LogP contribution in [0.1, 0.15) is 12.8 Å². The molecular weight excluding hydrogens is 140 g/mol. The van der Waals surface area contributed by atoms with Crippen molar-refractivity contribution < 1.29 is 4.84 Å². The quantitative estimate of drug-likeness (QED) is 0.633. The summed E-state index contributed by atoms with van der Waals surface area (Å²) in [4.78, 5) is 5.60. The van der Waals surface area contributed by atoms with E-state index in [0.717, 1.165) is 38.7 Å². The highest BCUT2D eigenvalue weighted by atomic mass is 16.7. The molecule has 0 aromatic rings. The Morgan fingerprint density at radius 2 is 2.00 bits per heavy atom. The maximum Gasteiger partial charge on any atom is 0.0713 e. The summed E-state index contributed by atoms with van der Waals surface area (Å²) in [5, 5.41) is 5.39. The van der Waals surface area contributed by atoms with Gasteiger partial charge in [0.25, 0.3) is 0 Å². The average Bonchev–Trinajstić information content (AvgIpc) is 2.86. The van der Waals surface area contributed by atoms with Crippen LogP contribution in [0, 0.1) is 5.92 Å². The molecule has 0 aromatic carbocycles. The third-order valence-corrected chi connectivity index (χ3v) is 2.27. The fourth-order valence-electron chi connectivity index (χ4n) is 1.27. The first-order valence-corrected chi connectivity index (χ1v) is 4.54.